The first-order valence-corrected chi connectivity index (χ1v) is 8.69. The molecule has 0 radical (unpaired) electrons. The van der Waals surface area contributed by atoms with Crippen molar-refractivity contribution in [2.45, 2.75) is 18.4 Å². The van der Waals surface area contributed by atoms with Crippen LogP contribution in [0, 0.1) is 0 Å². The van der Waals surface area contributed by atoms with Crippen LogP contribution in [0.3, 0.4) is 0 Å². The third-order valence-corrected chi connectivity index (χ3v) is 4.41. The van der Waals surface area contributed by atoms with Gasteiger partial charge in [-0.1, -0.05) is 72.3 Å². The summed E-state index contributed by atoms with van der Waals surface area (Å²) in [7, 11) is 0. The second-order valence-electron chi connectivity index (χ2n) is 6.03. The molecule has 0 atom stereocenters. The van der Waals surface area contributed by atoms with Crippen LogP contribution in [0.2, 0.25) is 5.02 Å². The molecule has 0 spiro atoms. The molecule has 0 aliphatic rings. The molecule has 1 aromatic heterocycles. The van der Waals surface area contributed by atoms with E-state index >= 15 is 0 Å². The van der Waals surface area contributed by atoms with Crippen molar-refractivity contribution in [3.63, 3.8) is 0 Å². The molecule has 3 rings (SSSR count). The minimum absolute atomic E-state index is 0.146. The van der Waals surface area contributed by atoms with Gasteiger partial charge in [0.15, 0.2) is 0 Å². The van der Waals surface area contributed by atoms with E-state index in [1.165, 1.54) is 12.4 Å². The zero-order chi connectivity index (χ0) is 18.4. The van der Waals surface area contributed by atoms with Crippen LogP contribution >= 0.6 is 11.6 Å². The number of carbonyl (C=O) groups is 1. The highest BCUT2D eigenvalue weighted by Crippen LogP contribution is 2.34. The molecule has 0 bridgehead atoms. The van der Waals surface area contributed by atoms with Gasteiger partial charge in [0.2, 0.25) is 5.91 Å². The van der Waals surface area contributed by atoms with E-state index in [2.05, 4.69) is 10.3 Å². The van der Waals surface area contributed by atoms with Crippen molar-refractivity contribution in [2.24, 2.45) is 0 Å². The summed E-state index contributed by atoms with van der Waals surface area (Å²) in [4.78, 5) is 16.3. The topological polar surface area (TPSA) is 62.2 Å². The Hall–Kier alpha value is -2.69. The lowest BCUT2D eigenvalue weighted by Gasteiger charge is -2.29. The number of halogens is 1. The summed E-state index contributed by atoms with van der Waals surface area (Å²) in [6.07, 6.45) is 3.43. The van der Waals surface area contributed by atoms with E-state index in [1.807, 2.05) is 60.7 Å². The number of carbonyl (C=O) groups excluding carboxylic acids is 1. The van der Waals surface area contributed by atoms with Crippen LogP contribution in [0.15, 0.2) is 79.1 Å². The van der Waals surface area contributed by atoms with E-state index in [-0.39, 0.29) is 18.7 Å². The lowest BCUT2D eigenvalue weighted by atomic mass is 9.82. The van der Waals surface area contributed by atoms with Crippen LogP contribution in [0.25, 0.3) is 0 Å². The average Bonchev–Trinajstić information content (AvgIpc) is 2.67. The number of amides is 1. The number of pyridine rings is 1. The number of hydrogen-bond donors (Lipinski definition) is 2. The highest BCUT2D eigenvalue weighted by atomic mass is 35.5. The van der Waals surface area contributed by atoms with Crippen LogP contribution in [0.4, 0.5) is 5.69 Å². The average molecular weight is 367 g/mol. The van der Waals surface area contributed by atoms with E-state index in [0.717, 1.165) is 11.1 Å². The van der Waals surface area contributed by atoms with Crippen molar-refractivity contribution in [2.75, 3.05) is 5.32 Å². The Balaban J connectivity index is 1.78. The smallest absolute Gasteiger partial charge is 0.224 e. The number of aromatic nitrogens is 1. The standard InChI is InChI=1S/C21H19ClN2O2/c22-18-13-19(15-23-14-18)24-20(25)11-12-21(26,16-7-3-1-4-8-16)17-9-5-2-6-10-17/h1-10,13-15,26H,11-12H2,(H,24,25). The van der Waals surface area contributed by atoms with Crippen LogP contribution < -0.4 is 5.32 Å². The van der Waals surface area contributed by atoms with Gasteiger partial charge in [0.05, 0.1) is 16.9 Å². The minimum Gasteiger partial charge on any atom is -0.380 e. The molecule has 3 aromatic rings. The van der Waals surface area contributed by atoms with Gasteiger partial charge >= 0.3 is 0 Å². The fraction of sp³-hybridized carbons (Fsp3) is 0.143. The molecule has 1 amide bonds. The van der Waals surface area contributed by atoms with E-state index in [0.29, 0.717) is 10.7 Å². The molecule has 132 valence electrons. The van der Waals surface area contributed by atoms with E-state index in [1.54, 1.807) is 6.07 Å². The molecule has 0 saturated carbocycles. The number of hydrogen-bond acceptors (Lipinski definition) is 3. The Bertz CT molecular complexity index is 830. The molecule has 4 nitrogen and oxygen atoms in total. The van der Waals surface area contributed by atoms with Gasteiger partial charge in [-0.15, -0.1) is 0 Å². The Labute approximate surface area is 157 Å². The van der Waals surface area contributed by atoms with E-state index in [4.69, 9.17) is 11.6 Å². The van der Waals surface area contributed by atoms with Gasteiger partial charge in [0, 0.05) is 12.6 Å². The van der Waals surface area contributed by atoms with Crippen molar-refractivity contribution in [3.05, 3.63) is 95.3 Å². The Morgan fingerprint density at radius 3 is 2.12 bits per heavy atom. The summed E-state index contributed by atoms with van der Waals surface area (Å²) < 4.78 is 0. The summed E-state index contributed by atoms with van der Waals surface area (Å²) in [6.45, 7) is 0. The highest BCUT2D eigenvalue weighted by molar-refractivity contribution is 6.30. The van der Waals surface area contributed by atoms with Gasteiger partial charge in [-0.25, -0.2) is 0 Å². The molecule has 26 heavy (non-hydrogen) atoms. The second kappa shape index (κ2) is 8.13. The SMILES string of the molecule is O=C(CCC(O)(c1ccccc1)c1ccccc1)Nc1cncc(Cl)c1. The predicted octanol–water partition coefficient (Wildman–Crippen LogP) is 4.39. The van der Waals surface area contributed by atoms with E-state index in [9.17, 15) is 9.90 Å². The fourth-order valence-corrected chi connectivity index (χ4v) is 3.06. The molecule has 0 aliphatic carbocycles. The lowest BCUT2D eigenvalue weighted by Crippen LogP contribution is -2.29. The Morgan fingerprint density at radius 2 is 1.58 bits per heavy atom. The molecule has 5 heteroatoms. The van der Waals surface area contributed by atoms with E-state index < -0.39 is 5.60 Å². The first-order valence-electron chi connectivity index (χ1n) is 8.32. The van der Waals surface area contributed by atoms with Gasteiger partial charge in [0.25, 0.3) is 0 Å². The molecular weight excluding hydrogens is 348 g/mol. The summed E-state index contributed by atoms with van der Waals surface area (Å²) in [5, 5.41) is 14.6. The fourth-order valence-electron chi connectivity index (χ4n) is 2.88. The molecule has 0 saturated heterocycles. The number of aliphatic hydroxyl groups is 1. The summed E-state index contributed by atoms with van der Waals surface area (Å²) in [5.74, 6) is -0.209. The normalized spacial score (nSPS) is 11.2. The van der Waals surface area contributed by atoms with Gasteiger partial charge < -0.3 is 10.4 Å². The maximum absolute atomic E-state index is 12.3. The number of nitrogens with one attached hydrogen (secondary N) is 1. The molecule has 2 N–H and O–H groups in total. The first-order chi connectivity index (χ1) is 12.6. The van der Waals surface area contributed by atoms with Crippen LogP contribution in [0.5, 0.6) is 0 Å². The van der Waals surface area contributed by atoms with Crippen LogP contribution in [-0.4, -0.2) is 16.0 Å². The molecule has 1 heterocycles. The van der Waals surface area contributed by atoms with Crippen molar-refractivity contribution < 1.29 is 9.90 Å². The van der Waals surface area contributed by atoms with Gasteiger partial charge in [-0.05, 0) is 23.6 Å². The summed E-state index contributed by atoms with van der Waals surface area (Å²) in [5.41, 5.74) is 0.796. The van der Waals surface area contributed by atoms with Crippen LogP contribution in [-0.2, 0) is 10.4 Å². The second-order valence-corrected chi connectivity index (χ2v) is 6.47. The van der Waals surface area contributed by atoms with Gasteiger partial charge in [-0.2, -0.15) is 0 Å². The van der Waals surface area contributed by atoms with Crippen molar-refractivity contribution >= 4 is 23.2 Å². The highest BCUT2D eigenvalue weighted by Gasteiger charge is 2.31. The van der Waals surface area contributed by atoms with Gasteiger partial charge in [-0.3, -0.25) is 9.78 Å². The minimum atomic E-state index is -1.24. The van der Waals surface area contributed by atoms with Crippen LogP contribution in [0.1, 0.15) is 24.0 Å². The maximum Gasteiger partial charge on any atom is 0.224 e. The van der Waals surface area contributed by atoms with Crippen molar-refractivity contribution in [3.8, 4) is 0 Å². The third-order valence-electron chi connectivity index (χ3n) is 4.21. The van der Waals surface area contributed by atoms with Crippen molar-refractivity contribution in [1.29, 1.82) is 0 Å². The number of anilines is 1. The maximum atomic E-state index is 12.3. The summed E-state index contributed by atoms with van der Waals surface area (Å²) >= 11 is 5.88. The third kappa shape index (κ3) is 4.28. The monoisotopic (exact) mass is 366 g/mol. The molecule has 0 unspecified atom stereocenters. The van der Waals surface area contributed by atoms with Gasteiger partial charge in [0.1, 0.15) is 5.60 Å². The lowest BCUT2D eigenvalue weighted by molar-refractivity contribution is -0.117. The number of nitrogens with zero attached hydrogens (tertiary/aromatic N) is 1. The predicted molar refractivity (Wildman–Crippen MR) is 103 cm³/mol. The number of rotatable bonds is 6. The zero-order valence-corrected chi connectivity index (χ0v) is 14.9. The van der Waals surface area contributed by atoms with Crippen molar-refractivity contribution in [1.82, 2.24) is 4.98 Å². The first kappa shape index (κ1) is 18.1. The summed E-state index contributed by atoms with van der Waals surface area (Å²) in [6, 6.07) is 20.4. The Morgan fingerprint density at radius 1 is 1.00 bits per heavy atom. The molecule has 2 aromatic carbocycles. The largest absolute Gasteiger partial charge is 0.380 e. The molecule has 0 aliphatic heterocycles. The zero-order valence-electron chi connectivity index (χ0n) is 14.1. The molecular formula is C21H19ClN2O2. The number of benzene rings is 2. The molecule has 0 fully saturated rings. The Kier molecular flexibility index (Phi) is 5.66. The quantitative estimate of drug-likeness (QED) is 0.680.